The summed E-state index contributed by atoms with van der Waals surface area (Å²) in [5, 5.41) is 3.51. The van der Waals surface area contributed by atoms with Crippen molar-refractivity contribution in [1.29, 1.82) is 0 Å². The van der Waals surface area contributed by atoms with Gasteiger partial charge in [0.2, 0.25) is 5.28 Å². The smallest absolute Gasteiger partial charge is 0.226 e. The van der Waals surface area contributed by atoms with Gasteiger partial charge in [-0.2, -0.15) is 21.7 Å². The van der Waals surface area contributed by atoms with Gasteiger partial charge in [-0.25, -0.2) is 4.98 Å². The molecule has 1 atom stereocenters. The van der Waals surface area contributed by atoms with Crippen LogP contribution in [0.5, 0.6) is 0 Å². The van der Waals surface area contributed by atoms with Crippen LogP contribution in [0.4, 0.5) is 11.5 Å². The highest BCUT2D eigenvalue weighted by atomic mass is 35.5. The molecule has 0 amide bonds. The van der Waals surface area contributed by atoms with E-state index in [1.807, 2.05) is 48.4 Å². The molecule has 1 saturated heterocycles. The molecule has 112 valence electrons. The molecule has 3 aromatic rings. The number of rotatable bonds is 3. The molecule has 4 rings (SSSR count). The van der Waals surface area contributed by atoms with E-state index in [2.05, 4.69) is 24.8 Å². The highest BCUT2D eigenvalue weighted by molar-refractivity contribution is 7.99. The van der Waals surface area contributed by atoms with Gasteiger partial charge in [0.1, 0.15) is 0 Å². The topological polar surface area (TPSA) is 55.6 Å². The number of thioether (sulfide) groups is 1. The van der Waals surface area contributed by atoms with Crippen molar-refractivity contribution in [3.05, 3.63) is 41.9 Å². The highest BCUT2D eigenvalue weighted by Crippen LogP contribution is 2.32. The zero-order valence-electron chi connectivity index (χ0n) is 11.7. The largest absolute Gasteiger partial charge is 0.338 e. The van der Waals surface area contributed by atoms with Crippen LogP contribution in [-0.2, 0) is 0 Å². The lowest BCUT2D eigenvalue weighted by atomic mass is 10.2. The summed E-state index contributed by atoms with van der Waals surface area (Å²) >= 11 is 8.08. The van der Waals surface area contributed by atoms with E-state index in [0.717, 1.165) is 29.0 Å². The fourth-order valence-corrected chi connectivity index (χ4v) is 4.01. The van der Waals surface area contributed by atoms with E-state index in [-0.39, 0.29) is 5.28 Å². The van der Waals surface area contributed by atoms with E-state index >= 15 is 0 Å². The van der Waals surface area contributed by atoms with Crippen molar-refractivity contribution >= 4 is 46.0 Å². The molecule has 7 heteroatoms. The molecule has 0 radical (unpaired) electrons. The Morgan fingerprint density at radius 3 is 2.86 bits per heavy atom. The predicted octanol–water partition coefficient (Wildman–Crippen LogP) is 3.90. The van der Waals surface area contributed by atoms with Crippen molar-refractivity contribution in [3.8, 4) is 0 Å². The van der Waals surface area contributed by atoms with Crippen molar-refractivity contribution in [2.75, 3.05) is 16.8 Å². The van der Waals surface area contributed by atoms with Crippen LogP contribution >= 0.6 is 23.4 Å². The summed E-state index contributed by atoms with van der Waals surface area (Å²) < 4.78 is 2.12. The van der Waals surface area contributed by atoms with E-state index in [9.17, 15) is 0 Å². The molecular formula is C15H14ClN5S. The van der Waals surface area contributed by atoms with Gasteiger partial charge < -0.3 is 9.88 Å². The second kappa shape index (κ2) is 5.78. The van der Waals surface area contributed by atoms with Gasteiger partial charge in [-0.1, -0.05) is 18.2 Å². The number of halogens is 1. The molecule has 0 saturated carbocycles. The minimum atomic E-state index is 0.235. The molecule has 0 bridgehead atoms. The van der Waals surface area contributed by atoms with Gasteiger partial charge >= 0.3 is 0 Å². The first-order valence-electron chi connectivity index (χ1n) is 7.11. The lowest BCUT2D eigenvalue weighted by Gasteiger charge is -2.11. The van der Waals surface area contributed by atoms with Gasteiger partial charge in [-0.3, -0.25) is 0 Å². The van der Waals surface area contributed by atoms with Crippen LogP contribution in [-0.4, -0.2) is 31.0 Å². The Hall–Kier alpha value is -1.79. The third-order valence-corrected chi connectivity index (χ3v) is 5.04. The van der Waals surface area contributed by atoms with Gasteiger partial charge in [0.15, 0.2) is 17.0 Å². The molecule has 0 aliphatic carbocycles. The number of aromatic nitrogens is 4. The molecule has 1 aromatic carbocycles. The molecule has 0 spiro atoms. The molecule has 5 nitrogen and oxygen atoms in total. The van der Waals surface area contributed by atoms with E-state index in [4.69, 9.17) is 11.6 Å². The van der Waals surface area contributed by atoms with Gasteiger partial charge in [0.25, 0.3) is 0 Å². The first-order chi connectivity index (χ1) is 10.8. The number of anilines is 2. The average molecular weight is 332 g/mol. The summed E-state index contributed by atoms with van der Waals surface area (Å²) in [6.45, 7) is 0. The van der Waals surface area contributed by atoms with Crippen LogP contribution < -0.4 is 5.32 Å². The predicted molar refractivity (Wildman–Crippen MR) is 91.0 cm³/mol. The van der Waals surface area contributed by atoms with Crippen LogP contribution in [0.25, 0.3) is 11.2 Å². The Labute approximate surface area is 137 Å². The van der Waals surface area contributed by atoms with Crippen LogP contribution in [0.3, 0.4) is 0 Å². The second-order valence-corrected chi connectivity index (χ2v) is 6.66. The molecule has 2 aromatic heterocycles. The molecule has 1 aliphatic rings. The monoisotopic (exact) mass is 331 g/mol. The molecule has 1 aliphatic heterocycles. The van der Waals surface area contributed by atoms with Crippen LogP contribution in [0.1, 0.15) is 12.5 Å². The van der Waals surface area contributed by atoms with Crippen LogP contribution in [0, 0.1) is 0 Å². The zero-order chi connectivity index (χ0) is 14.9. The quantitative estimate of drug-likeness (QED) is 0.738. The number of imidazole rings is 1. The fourth-order valence-electron chi connectivity index (χ4n) is 2.64. The number of hydrogen-bond acceptors (Lipinski definition) is 5. The van der Waals surface area contributed by atoms with Crippen LogP contribution in [0.15, 0.2) is 36.7 Å². The summed E-state index contributed by atoms with van der Waals surface area (Å²) in [4.78, 5) is 13.2. The summed E-state index contributed by atoms with van der Waals surface area (Å²) in [7, 11) is 0. The zero-order valence-corrected chi connectivity index (χ0v) is 13.3. The number of nitrogens with one attached hydrogen (secondary N) is 1. The molecule has 22 heavy (non-hydrogen) atoms. The van der Waals surface area contributed by atoms with Gasteiger partial charge in [0, 0.05) is 17.5 Å². The molecule has 1 fully saturated rings. The molecule has 1 unspecified atom stereocenters. The number of fused-ring (bicyclic) bond motifs is 1. The van der Waals surface area contributed by atoms with Crippen molar-refractivity contribution in [2.45, 2.75) is 12.5 Å². The average Bonchev–Trinajstić information content (AvgIpc) is 3.16. The fraction of sp³-hybridized carbons (Fsp3) is 0.267. The summed E-state index contributed by atoms with van der Waals surface area (Å²) in [6, 6.07) is 10.3. The lowest BCUT2D eigenvalue weighted by molar-refractivity contribution is 0.571. The number of hydrogen-bond donors (Lipinski definition) is 1. The lowest BCUT2D eigenvalue weighted by Crippen LogP contribution is -2.07. The first-order valence-corrected chi connectivity index (χ1v) is 8.64. The first kappa shape index (κ1) is 13.8. The third-order valence-electron chi connectivity index (χ3n) is 3.73. The molecule has 3 heterocycles. The van der Waals surface area contributed by atoms with Crippen molar-refractivity contribution in [2.24, 2.45) is 0 Å². The Morgan fingerprint density at radius 2 is 2.09 bits per heavy atom. The van der Waals surface area contributed by atoms with Gasteiger partial charge in [-0.05, 0) is 35.9 Å². The minimum absolute atomic E-state index is 0.235. The maximum Gasteiger partial charge on any atom is 0.226 e. The van der Waals surface area contributed by atoms with Gasteiger partial charge in [-0.15, -0.1) is 0 Å². The Balaban J connectivity index is 1.78. The second-order valence-electron chi connectivity index (χ2n) is 5.17. The number of para-hydroxylation sites is 1. The van der Waals surface area contributed by atoms with E-state index in [1.54, 1.807) is 0 Å². The summed E-state index contributed by atoms with van der Waals surface area (Å²) in [5.41, 5.74) is 2.50. The Kier molecular flexibility index (Phi) is 3.63. The number of nitrogens with zero attached hydrogens (tertiary/aromatic N) is 4. The molecule has 1 N–H and O–H groups in total. The van der Waals surface area contributed by atoms with E-state index in [0.29, 0.717) is 11.9 Å². The maximum atomic E-state index is 6.12. The maximum absolute atomic E-state index is 6.12. The third kappa shape index (κ3) is 2.53. The minimum Gasteiger partial charge on any atom is -0.338 e. The normalized spacial score (nSPS) is 18.0. The molecular weight excluding hydrogens is 318 g/mol. The summed E-state index contributed by atoms with van der Waals surface area (Å²) in [5.74, 6) is 2.91. The van der Waals surface area contributed by atoms with E-state index < -0.39 is 0 Å². The highest BCUT2D eigenvalue weighted by Gasteiger charge is 2.21. The van der Waals surface area contributed by atoms with Crippen molar-refractivity contribution < 1.29 is 0 Å². The van der Waals surface area contributed by atoms with E-state index in [1.165, 1.54) is 5.75 Å². The Bertz CT molecular complexity index is 798. The summed E-state index contributed by atoms with van der Waals surface area (Å²) in [6.07, 6.45) is 2.99. The number of benzene rings is 1. The standard InChI is InChI=1S/C15H14ClN5S/c16-15-19-13(18-10-4-2-1-3-5-10)12-14(20-15)21(9-17-12)11-6-7-22-8-11/h1-5,9,11H,6-8H2,(H,18,19,20). The van der Waals surface area contributed by atoms with Crippen molar-refractivity contribution in [3.63, 3.8) is 0 Å². The Morgan fingerprint density at radius 1 is 1.23 bits per heavy atom. The van der Waals surface area contributed by atoms with Gasteiger partial charge in [0.05, 0.1) is 6.33 Å². The SMILES string of the molecule is Clc1nc(Nc2ccccc2)c2ncn(C3CCSC3)c2n1. The van der Waals surface area contributed by atoms with Crippen molar-refractivity contribution in [1.82, 2.24) is 19.5 Å². The van der Waals surface area contributed by atoms with Crippen LogP contribution in [0.2, 0.25) is 5.28 Å².